The Bertz CT molecular complexity index is 531. The minimum atomic E-state index is 0.265. The second-order valence-electron chi connectivity index (χ2n) is 4.36. The van der Waals surface area contributed by atoms with Crippen molar-refractivity contribution in [2.75, 3.05) is 0 Å². The van der Waals surface area contributed by atoms with Crippen LogP contribution in [0.25, 0.3) is 0 Å². The van der Waals surface area contributed by atoms with Gasteiger partial charge in [0.1, 0.15) is 5.78 Å². The van der Waals surface area contributed by atoms with E-state index >= 15 is 0 Å². The Labute approximate surface area is 115 Å². The van der Waals surface area contributed by atoms with E-state index in [9.17, 15) is 4.79 Å². The lowest BCUT2D eigenvalue weighted by molar-refractivity contribution is -0.118. The minimum Gasteiger partial charge on any atom is -0.299 e. The van der Waals surface area contributed by atoms with Crippen LogP contribution in [-0.2, 0) is 24.7 Å². The minimum absolute atomic E-state index is 0.265. The van der Waals surface area contributed by atoms with Crippen LogP contribution in [0.4, 0.5) is 0 Å². The first-order valence-electron chi connectivity index (χ1n) is 5.87. The van der Waals surface area contributed by atoms with Crippen molar-refractivity contribution in [1.82, 2.24) is 9.78 Å². The summed E-state index contributed by atoms with van der Waals surface area (Å²) in [6, 6.07) is 7.88. The van der Waals surface area contributed by atoms with E-state index in [0.717, 1.165) is 22.0 Å². The Balaban J connectivity index is 1.83. The lowest BCUT2D eigenvalue weighted by atomic mass is 10.0. The molecule has 0 amide bonds. The number of aryl methyl sites for hydroxylation is 2. The molecule has 18 heavy (non-hydrogen) atoms. The molecule has 4 heteroatoms. The number of nitrogens with zero attached hydrogens (tertiary/aromatic N) is 2. The quantitative estimate of drug-likeness (QED) is 0.851. The summed E-state index contributed by atoms with van der Waals surface area (Å²) < 4.78 is 2.79. The summed E-state index contributed by atoms with van der Waals surface area (Å²) in [5.74, 6) is 0.265. The van der Waals surface area contributed by atoms with Crippen molar-refractivity contribution in [1.29, 1.82) is 0 Å². The predicted octanol–water partition coefficient (Wildman–Crippen LogP) is 2.93. The van der Waals surface area contributed by atoms with Crippen molar-refractivity contribution in [3.8, 4) is 0 Å². The molecule has 0 saturated carbocycles. The highest BCUT2D eigenvalue weighted by Gasteiger charge is 2.05. The zero-order chi connectivity index (χ0) is 13.0. The van der Waals surface area contributed by atoms with Crippen molar-refractivity contribution in [3.05, 3.63) is 52.3 Å². The molecule has 0 unspecified atom stereocenters. The second kappa shape index (κ2) is 5.96. The predicted molar refractivity (Wildman–Crippen MR) is 74.4 cm³/mol. The first-order valence-corrected chi connectivity index (χ1v) is 6.66. The van der Waals surface area contributed by atoms with E-state index in [1.165, 1.54) is 0 Å². The molecule has 2 aromatic rings. The van der Waals surface area contributed by atoms with Crippen LogP contribution in [0.1, 0.15) is 17.5 Å². The summed E-state index contributed by atoms with van der Waals surface area (Å²) in [4.78, 5) is 11.8. The van der Waals surface area contributed by atoms with E-state index < -0.39 is 0 Å². The zero-order valence-electron chi connectivity index (χ0n) is 10.3. The average molecular weight is 307 g/mol. The summed E-state index contributed by atoms with van der Waals surface area (Å²) in [7, 11) is 1.88. The molecule has 2 rings (SSSR count). The van der Waals surface area contributed by atoms with Crippen LogP contribution >= 0.6 is 15.9 Å². The number of rotatable bonds is 5. The van der Waals surface area contributed by atoms with Gasteiger partial charge in [-0.3, -0.25) is 9.48 Å². The van der Waals surface area contributed by atoms with Gasteiger partial charge in [-0.15, -0.1) is 0 Å². The fourth-order valence-corrected chi connectivity index (χ4v) is 2.07. The van der Waals surface area contributed by atoms with Crippen LogP contribution in [0, 0.1) is 0 Å². The molecule has 0 N–H and O–H groups in total. The van der Waals surface area contributed by atoms with Gasteiger partial charge in [-0.1, -0.05) is 28.1 Å². The molecule has 94 valence electrons. The van der Waals surface area contributed by atoms with Gasteiger partial charge < -0.3 is 0 Å². The van der Waals surface area contributed by atoms with E-state index in [4.69, 9.17) is 0 Å². The normalized spacial score (nSPS) is 10.6. The van der Waals surface area contributed by atoms with Crippen LogP contribution in [0.3, 0.4) is 0 Å². The zero-order valence-corrected chi connectivity index (χ0v) is 11.9. The number of carbonyl (C=O) groups excluding carboxylic acids is 1. The number of Topliss-reactive ketones (excluding diaryl/α,β-unsaturated/α-hetero) is 1. The largest absolute Gasteiger partial charge is 0.299 e. The first-order chi connectivity index (χ1) is 8.63. The van der Waals surface area contributed by atoms with Crippen LogP contribution < -0.4 is 0 Å². The van der Waals surface area contributed by atoms with E-state index in [-0.39, 0.29) is 5.78 Å². The van der Waals surface area contributed by atoms with Crippen molar-refractivity contribution < 1.29 is 4.79 Å². The summed E-state index contributed by atoms with van der Waals surface area (Å²) in [5, 5.41) is 4.09. The molecule has 3 nitrogen and oxygen atoms in total. The Morgan fingerprint density at radius 2 is 2.00 bits per heavy atom. The number of hydrogen-bond acceptors (Lipinski definition) is 2. The molecule has 0 atom stereocenters. The van der Waals surface area contributed by atoms with Crippen molar-refractivity contribution in [2.24, 2.45) is 7.05 Å². The number of benzene rings is 1. The van der Waals surface area contributed by atoms with Crippen molar-refractivity contribution in [2.45, 2.75) is 19.3 Å². The van der Waals surface area contributed by atoms with E-state index in [1.54, 1.807) is 4.68 Å². The highest BCUT2D eigenvalue weighted by Crippen LogP contribution is 2.12. The maximum Gasteiger partial charge on any atom is 0.137 e. The lowest BCUT2D eigenvalue weighted by Gasteiger charge is -2.01. The molecule has 0 saturated heterocycles. The van der Waals surface area contributed by atoms with Gasteiger partial charge in [-0.25, -0.2) is 0 Å². The monoisotopic (exact) mass is 306 g/mol. The lowest BCUT2D eigenvalue weighted by Crippen LogP contribution is -2.04. The standard InChI is InChI=1S/C14H15BrN2O/c1-17-10-12(9-16-17)4-7-14(18)8-11-2-5-13(15)6-3-11/h2-3,5-6,9-10H,4,7-8H2,1H3. The fourth-order valence-electron chi connectivity index (χ4n) is 1.80. The Morgan fingerprint density at radius 1 is 1.28 bits per heavy atom. The van der Waals surface area contributed by atoms with Gasteiger partial charge in [0.2, 0.25) is 0 Å². The average Bonchev–Trinajstić information content (AvgIpc) is 2.76. The van der Waals surface area contributed by atoms with E-state index in [2.05, 4.69) is 21.0 Å². The second-order valence-corrected chi connectivity index (χ2v) is 5.28. The topological polar surface area (TPSA) is 34.9 Å². The molecule has 0 fully saturated rings. The van der Waals surface area contributed by atoms with Crippen LogP contribution in [0.15, 0.2) is 41.1 Å². The fraction of sp³-hybridized carbons (Fsp3) is 0.286. The molecule has 0 aliphatic rings. The molecule has 0 aliphatic carbocycles. The Kier molecular flexibility index (Phi) is 4.31. The number of ketones is 1. The van der Waals surface area contributed by atoms with Gasteiger partial charge in [0, 0.05) is 30.6 Å². The molecule has 0 radical (unpaired) electrons. The van der Waals surface area contributed by atoms with Gasteiger partial charge >= 0.3 is 0 Å². The van der Waals surface area contributed by atoms with Gasteiger partial charge in [0.15, 0.2) is 0 Å². The summed E-state index contributed by atoms with van der Waals surface area (Å²) in [5.41, 5.74) is 2.18. The molecule has 1 heterocycles. The third kappa shape index (κ3) is 3.81. The highest BCUT2D eigenvalue weighted by molar-refractivity contribution is 9.10. The Morgan fingerprint density at radius 3 is 2.61 bits per heavy atom. The SMILES string of the molecule is Cn1cc(CCC(=O)Cc2ccc(Br)cc2)cn1. The Hall–Kier alpha value is -1.42. The highest BCUT2D eigenvalue weighted by atomic mass is 79.9. The smallest absolute Gasteiger partial charge is 0.137 e. The first kappa shape index (κ1) is 13.0. The third-order valence-electron chi connectivity index (χ3n) is 2.77. The van der Waals surface area contributed by atoms with Crippen molar-refractivity contribution in [3.63, 3.8) is 0 Å². The van der Waals surface area contributed by atoms with Gasteiger partial charge in [0.25, 0.3) is 0 Å². The number of hydrogen-bond donors (Lipinski definition) is 0. The van der Waals surface area contributed by atoms with Gasteiger partial charge in [0.05, 0.1) is 6.20 Å². The maximum atomic E-state index is 11.8. The van der Waals surface area contributed by atoms with Gasteiger partial charge in [-0.05, 0) is 29.7 Å². The molecule has 1 aromatic heterocycles. The summed E-state index contributed by atoms with van der Waals surface area (Å²) in [6.07, 6.45) is 5.61. The number of carbonyl (C=O) groups is 1. The third-order valence-corrected chi connectivity index (χ3v) is 3.29. The van der Waals surface area contributed by atoms with Crippen LogP contribution in [0.5, 0.6) is 0 Å². The molecule has 0 aliphatic heterocycles. The van der Waals surface area contributed by atoms with Crippen LogP contribution in [0.2, 0.25) is 0 Å². The maximum absolute atomic E-state index is 11.8. The van der Waals surface area contributed by atoms with Crippen molar-refractivity contribution >= 4 is 21.7 Å². The molecule has 1 aromatic carbocycles. The molecular formula is C14H15BrN2O. The van der Waals surface area contributed by atoms with E-state index in [1.807, 2.05) is 43.7 Å². The summed E-state index contributed by atoms with van der Waals surface area (Å²) >= 11 is 3.38. The van der Waals surface area contributed by atoms with Crippen LogP contribution in [-0.4, -0.2) is 15.6 Å². The molecular weight excluding hydrogens is 292 g/mol. The summed E-state index contributed by atoms with van der Waals surface area (Å²) in [6.45, 7) is 0. The van der Waals surface area contributed by atoms with E-state index in [0.29, 0.717) is 12.8 Å². The number of halogens is 1. The number of aromatic nitrogens is 2. The molecule has 0 spiro atoms. The van der Waals surface area contributed by atoms with Gasteiger partial charge in [-0.2, -0.15) is 5.10 Å². The molecule has 0 bridgehead atoms.